The van der Waals surface area contributed by atoms with Gasteiger partial charge in [0.05, 0.1) is 11.7 Å². The van der Waals surface area contributed by atoms with Crippen molar-refractivity contribution in [2.75, 3.05) is 24.5 Å². The molecule has 138 valence electrons. The van der Waals surface area contributed by atoms with Crippen molar-refractivity contribution in [3.8, 4) is 0 Å². The van der Waals surface area contributed by atoms with Gasteiger partial charge >= 0.3 is 5.97 Å². The van der Waals surface area contributed by atoms with Gasteiger partial charge in [-0.15, -0.1) is 0 Å². The number of hydrogen-bond donors (Lipinski definition) is 2. The lowest BCUT2D eigenvalue weighted by Gasteiger charge is -2.31. The van der Waals surface area contributed by atoms with Crippen LogP contribution in [-0.4, -0.2) is 48.8 Å². The number of anilines is 1. The molecule has 0 radical (unpaired) electrons. The van der Waals surface area contributed by atoms with Gasteiger partial charge in [0.2, 0.25) is 0 Å². The van der Waals surface area contributed by atoms with E-state index in [2.05, 4.69) is 10.2 Å². The van der Waals surface area contributed by atoms with E-state index in [1.807, 2.05) is 26.0 Å². The number of carbonyl (C=O) groups excluding carboxylic acids is 2. The SMILES string of the molecule is CC(C)CNC(=O)[C@@H](C)OC(=O)c1ccc(N2CCC(O)CC2)cc1. The lowest BCUT2D eigenvalue weighted by Crippen LogP contribution is -2.37. The summed E-state index contributed by atoms with van der Waals surface area (Å²) in [5, 5.41) is 12.3. The van der Waals surface area contributed by atoms with Gasteiger partial charge in [0.15, 0.2) is 6.10 Å². The van der Waals surface area contributed by atoms with Gasteiger partial charge in [-0.2, -0.15) is 0 Å². The van der Waals surface area contributed by atoms with Crippen LogP contribution >= 0.6 is 0 Å². The predicted octanol–water partition coefficient (Wildman–Crippen LogP) is 1.97. The first-order valence-electron chi connectivity index (χ1n) is 8.88. The molecule has 6 nitrogen and oxygen atoms in total. The highest BCUT2D eigenvalue weighted by atomic mass is 16.5. The van der Waals surface area contributed by atoms with Crippen LogP contribution in [0.5, 0.6) is 0 Å². The number of aliphatic hydroxyl groups excluding tert-OH is 1. The number of aliphatic hydroxyl groups is 1. The number of ether oxygens (including phenoxy) is 1. The maximum Gasteiger partial charge on any atom is 0.338 e. The predicted molar refractivity (Wildman–Crippen MR) is 96.6 cm³/mol. The lowest BCUT2D eigenvalue weighted by molar-refractivity contribution is -0.129. The van der Waals surface area contributed by atoms with Crippen LogP contribution in [0.2, 0.25) is 0 Å². The fourth-order valence-electron chi connectivity index (χ4n) is 2.66. The van der Waals surface area contributed by atoms with Crippen molar-refractivity contribution < 1.29 is 19.4 Å². The fourth-order valence-corrected chi connectivity index (χ4v) is 2.66. The number of hydrogen-bond acceptors (Lipinski definition) is 5. The summed E-state index contributed by atoms with van der Waals surface area (Å²) < 4.78 is 5.23. The first kappa shape index (κ1) is 19.2. The number of rotatable bonds is 6. The third kappa shape index (κ3) is 5.74. The number of amides is 1. The molecule has 2 N–H and O–H groups in total. The molecule has 1 aliphatic heterocycles. The molecule has 1 aromatic carbocycles. The molecule has 1 aromatic rings. The maximum atomic E-state index is 12.2. The number of piperidine rings is 1. The summed E-state index contributed by atoms with van der Waals surface area (Å²) in [5.74, 6) is -0.450. The van der Waals surface area contributed by atoms with Gasteiger partial charge in [-0.25, -0.2) is 4.79 Å². The monoisotopic (exact) mass is 348 g/mol. The highest BCUT2D eigenvalue weighted by molar-refractivity contribution is 5.92. The Hall–Kier alpha value is -2.08. The molecule has 0 aromatic heterocycles. The van der Waals surface area contributed by atoms with Crippen LogP contribution in [0.15, 0.2) is 24.3 Å². The molecule has 1 heterocycles. The smallest absolute Gasteiger partial charge is 0.338 e. The third-order valence-electron chi connectivity index (χ3n) is 4.27. The molecule has 1 amide bonds. The molecular formula is C19H28N2O4. The summed E-state index contributed by atoms with van der Waals surface area (Å²) in [6.45, 7) is 7.74. The molecule has 0 unspecified atom stereocenters. The zero-order chi connectivity index (χ0) is 18.4. The van der Waals surface area contributed by atoms with E-state index in [1.165, 1.54) is 0 Å². The minimum absolute atomic E-state index is 0.214. The van der Waals surface area contributed by atoms with Crippen LogP contribution in [0.4, 0.5) is 5.69 Å². The second-order valence-electron chi connectivity index (χ2n) is 6.95. The first-order chi connectivity index (χ1) is 11.9. The van der Waals surface area contributed by atoms with Crippen molar-refractivity contribution in [2.24, 2.45) is 5.92 Å². The molecule has 1 aliphatic rings. The van der Waals surface area contributed by atoms with Crippen LogP contribution in [-0.2, 0) is 9.53 Å². The Morgan fingerprint density at radius 2 is 1.80 bits per heavy atom. The summed E-state index contributed by atoms with van der Waals surface area (Å²) in [6.07, 6.45) is 0.475. The molecule has 1 fully saturated rings. The molecular weight excluding hydrogens is 320 g/mol. The van der Waals surface area contributed by atoms with E-state index in [1.54, 1.807) is 19.1 Å². The summed E-state index contributed by atoms with van der Waals surface area (Å²) in [7, 11) is 0. The van der Waals surface area contributed by atoms with Crippen LogP contribution in [0.25, 0.3) is 0 Å². The van der Waals surface area contributed by atoms with Gasteiger partial charge in [-0.05, 0) is 49.9 Å². The van der Waals surface area contributed by atoms with E-state index >= 15 is 0 Å². The number of nitrogens with one attached hydrogen (secondary N) is 1. The molecule has 6 heteroatoms. The average Bonchev–Trinajstić information content (AvgIpc) is 2.60. The summed E-state index contributed by atoms with van der Waals surface area (Å²) in [5.41, 5.74) is 1.44. The standard InChI is InChI=1S/C19H28N2O4/c1-13(2)12-20-18(23)14(3)25-19(24)15-4-6-16(7-5-15)21-10-8-17(22)9-11-21/h4-7,13-14,17,22H,8-12H2,1-3H3,(H,20,23)/t14-/m1/s1. The minimum Gasteiger partial charge on any atom is -0.449 e. The molecule has 0 spiro atoms. The molecule has 2 rings (SSSR count). The van der Waals surface area contributed by atoms with E-state index in [4.69, 9.17) is 4.74 Å². The second kappa shape index (κ2) is 8.85. The van der Waals surface area contributed by atoms with E-state index in [0.29, 0.717) is 18.0 Å². The van der Waals surface area contributed by atoms with Crippen molar-refractivity contribution in [3.63, 3.8) is 0 Å². The van der Waals surface area contributed by atoms with Gasteiger partial charge in [-0.3, -0.25) is 4.79 Å². The highest BCUT2D eigenvalue weighted by Crippen LogP contribution is 2.21. The average molecular weight is 348 g/mol. The molecule has 1 saturated heterocycles. The molecule has 0 aliphatic carbocycles. The van der Waals surface area contributed by atoms with E-state index in [9.17, 15) is 14.7 Å². The Morgan fingerprint density at radius 3 is 2.36 bits per heavy atom. The molecule has 0 saturated carbocycles. The van der Waals surface area contributed by atoms with Crippen LogP contribution in [0, 0.1) is 5.92 Å². The number of nitrogens with zero attached hydrogens (tertiary/aromatic N) is 1. The van der Waals surface area contributed by atoms with E-state index in [0.717, 1.165) is 31.6 Å². The summed E-state index contributed by atoms with van der Waals surface area (Å²) in [4.78, 5) is 26.2. The van der Waals surface area contributed by atoms with Gasteiger partial charge in [0, 0.05) is 25.3 Å². The maximum absolute atomic E-state index is 12.2. The van der Waals surface area contributed by atoms with Gasteiger partial charge in [-0.1, -0.05) is 13.8 Å². The largest absolute Gasteiger partial charge is 0.449 e. The molecule has 0 bridgehead atoms. The quantitative estimate of drug-likeness (QED) is 0.769. The van der Waals surface area contributed by atoms with Gasteiger partial charge < -0.3 is 20.1 Å². The Morgan fingerprint density at radius 1 is 1.20 bits per heavy atom. The van der Waals surface area contributed by atoms with Crippen molar-refractivity contribution in [1.82, 2.24) is 5.32 Å². The normalized spacial score (nSPS) is 16.6. The Kier molecular flexibility index (Phi) is 6.82. The highest BCUT2D eigenvalue weighted by Gasteiger charge is 2.20. The lowest BCUT2D eigenvalue weighted by atomic mass is 10.1. The van der Waals surface area contributed by atoms with Crippen molar-refractivity contribution in [3.05, 3.63) is 29.8 Å². The zero-order valence-corrected chi connectivity index (χ0v) is 15.2. The van der Waals surface area contributed by atoms with Crippen molar-refractivity contribution in [1.29, 1.82) is 0 Å². The van der Waals surface area contributed by atoms with Crippen molar-refractivity contribution in [2.45, 2.75) is 45.8 Å². The first-order valence-corrected chi connectivity index (χ1v) is 8.88. The Bertz CT molecular complexity index is 578. The van der Waals surface area contributed by atoms with Crippen molar-refractivity contribution >= 4 is 17.6 Å². The number of carbonyl (C=O) groups is 2. The van der Waals surface area contributed by atoms with E-state index < -0.39 is 12.1 Å². The fraction of sp³-hybridized carbons (Fsp3) is 0.579. The van der Waals surface area contributed by atoms with Crippen LogP contribution in [0.3, 0.4) is 0 Å². The zero-order valence-electron chi connectivity index (χ0n) is 15.2. The summed E-state index contributed by atoms with van der Waals surface area (Å²) >= 11 is 0. The minimum atomic E-state index is -0.825. The molecule has 1 atom stereocenters. The van der Waals surface area contributed by atoms with Gasteiger partial charge in [0.25, 0.3) is 5.91 Å². The second-order valence-corrected chi connectivity index (χ2v) is 6.95. The van der Waals surface area contributed by atoms with Gasteiger partial charge in [0.1, 0.15) is 0 Å². The molecule has 25 heavy (non-hydrogen) atoms. The topological polar surface area (TPSA) is 78.9 Å². The van der Waals surface area contributed by atoms with Crippen LogP contribution in [0.1, 0.15) is 44.0 Å². The number of esters is 1. The number of benzene rings is 1. The summed E-state index contributed by atoms with van der Waals surface area (Å²) in [6, 6.07) is 7.17. The Balaban J connectivity index is 1.88. The van der Waals surface area contributed by atoms with Crippen LogP contribution < -0.4 is 10.2 Å². The van der Waals surface area contributed by atoms with E-state index in [-0.39, 0.29) is 12.0 Å². The third-order valence-corrected chi connectivity index (χ3v) is 4.27. The Labute approximate surface area is 149 Å².